The molecule has 0 saturated heterocycles. The molecule has 2 aromatic rings. The summed E-state index contributed by atoms with van der Waals surface area (Å²) in [6.07, 6.45) is 0.677. The molecule has 1 aromatic carbocycles. The number of aromatic nitrogens is 2. The summed E-state index contributed by atoms with van der Waals surface area (Å²) < 4.78 is 15.3. The smallest absolute Gasteiger partial charge is 0.227 e. The Hall–Kier alpha value is -2.41. The predicted octanol–water partition coefficient (Wildman–Crippen LogP) is 1.83. The fraction of sp³-hybridized carbons (Fsp3) is 0.438. The number of nitrogens with zero attached hydrogens (tertiary/aromatic N) is 2. The number of ether oxygens (including phenoxy) is 2. The van der Waals surface area contributed by atoms with Gasteiger partial charge in [-0.3, -0.25) is 4.79 Å². The van der Waals surface area contributed by atoms with Crippen molar-refractivity contribution in [2.24, 2.45) is 0 Å². The van der Waals surface area contributed by atoms with Crippen LogP contribution < -0.4 is 10.1 Å². The van der Waals surface area contributed by atoms with Crippen molar-refractivity contribution in [1.29, 1.82) is 0 Å². The minimum atomic E-state index is -0.0734. The number of hydrogen-bond acceptors (Lipinski definition) is 6. The van der Waals surface area contributed by atoms with Crippen LogP contribution in [0.3, 0.4) is 0 Å². The molecule has 2 rings (SSSR count). The zero-order valence-corrected chi connectivity index (χ0v) is 13.5. The van der Waals surface area contributed by atoms with Crippen molar-refractivity contribution in [2.45, 2.75) is 25.8 Å². The number of methoxy groups -OCH3 is 2. The van der Waals surface area contributed by atoms with E-state index in [0.29, 0.717) is 24.7 Å². The van der Waals surface area contributed by atoms with Crippen LogP contribution in [0.2, 0.25) is 0 Å². The first-order chi connectivity index (χ1) is 11.1. The Morgan fingerprint density at radius 2 is 2.22 bits per heavy atom. The number of rotatable bonds is 8. The molecule has 0 spiro atoms. The lowest BCUT2D eigenvalue weighted by Gasteiger charge is -2.11. The van der Waals surface area contributed by atoms with Crippen molar-refractivity contribution in [3.63, 3.8) is 0 Å². The molecule has 124 valence electrons. The van der Waals surface area contributed by atoms with E-state index in [1.165, 1.54) is 0 Å². The highest BCUT2D eigenvalue weighted by atomic mass is 16.5. The van der Waals surface area contributed by atoms with E-state index in [4.69, 9.17) is 14.0 Å². The Bertz CT molecular complexity index is 642. The van der Waals surface area contributed by atoms with E-state index in [2.05, 4.69) is 15.5 Å². The number of hydrogen-bond donors (Lipinski definition) is 1. The van der Waals surface area contributed by atoms with Crippen LogP contribution in [0.15, 0.2) is 28.8 Å². The van der Waals surface area contributed by atoms with Gasteiger partial charge in [-0.2, -0.15) is 4.98 Å². The van der Waals surface area contributed by atoms with E-state index in [-0.39, 0.29) is 18.4 Å². The Morgan fingerprint density at radius 3 is 2.96 bits per heavy atom. The largest absolute Gasteiger partial charge is 0.497 e. The van der Waals surface area contributed by atoms with Crippen LogP contribution in [0.4, 0.5) is 0 Å². The fourth-order valence-corrected chi connectivity index (χ4v) is 2.09. The summed E-state index contributed by atoms with van der Waals surface area (Å²) in [6.45, 7) is 2.36. The van der Waals surface area contributed by atoms with Gasteiger partial charge in [-0.1, -0.05) is 17.3 Å². The molecule has 1 N–H and O–H groups in total. The third-order valence-corrected chi connectivity index (χ3v) is 3.19. The van der Waals surface area contributed by atoms with Crippen molar-refractivity contribution >= 4 is 5.91 Å². The second-order valence-corrected chi connectivity index (χ2v) is 5.17. The van der Waals surface area contributed by atoms with Crippen molar-refractivity contribution < 1.29 is 18.8 Å². The normalized spacial score (nSPS) is 12.0. The zero-order chi connectivity index (χ0) is 16.7. The molecule has 0 saturated carbocycles. The summed E-state index contributed by atoms with van der Waals surface area (Å²) in [5, 5.41) is 6.77. The minimum Gasteiger partial charge on any atom is -0.497 e. The maximum Gasteiger partial charge on any atom is 0.227 e. The minimum absolute atomic E-state index is 0.0254. The van der Waals surface area contributed by atoms with Gasteiger partial charge in [-0.15, -0.1) is 0 Å². The summed E-state index contributed by atoms with van der Waals surface area (Å²) >= 11 is 0. The first-order valence-corrected chi connectivity index (χ1v) is 7.37. The molecule has 0 radical (unpaired) electrons. The first kappa shape index (κ1) is 17.0. The topological polar surface area (TPSA) is 86.5 Å². The molecule has 1 atom stereocenters. The summed E-state index contributed by atoms with van der Waals surface area (Å²) in [5.74, 6) is 1.56. The summed E-state index contributed by atoms with van der Waals surface area (Å²) in [4.78, 5) is 16.1. The number of amides is 1. The maximum atomic E-state index is 11.8. The second kappa shape index (κ2) is 8.28. The Labute approximate surface area is 135 Å². The summed E-state index contributed by atoms with van der Waals surface area (Å²) in [5.41, 5.74) is 0.803. The lowest BCUT2D eigenvalue weighted by molar-refractivity contribution is -0.122. The van der Waals surface area contributed by atoms with Gasteiger partial charge >= 0.3 is 0 Å². The highest BCUT2D eigenvalue weighted by Gasteiger charge is 2.12. The highest BCUT2D eigenvalue weighted by Crippen LogP contribution is 2.21. The monoisotopic (exact) mass is 319 g/mol. The predicted molar refractivity (Wildman–Crippen MR) is 84.1 cm³/mol. The van der Waals surface area contributed by atoms with Gasteiger partial charge in [0.1, 0.15) is 5.75 Å². The van der Waals surface area contributed by atoms with E-state index >= 15 is 0 Å². The first-order valence-electron chi connectivity index (χ1n) is 7.37. The van der Waals surface area contributed by atoms with Gasteiger partial charge in [-0.05, 0) is 19.1 Å². The number of benzene rings is 1. The van der Waals surface area contributed by atoms with Crippen molar-refractivity contribution in [3.05, 3.63) is 30.2 Å². The summed E-state index contributed by atoms with van der Waals surface area (Å²) in [7, 11) is 3.20. The van der Waals surface area contributed by atoms with E-state index in [1.54, 1.807) is 14.2 Å². The maximum absolute atomic E-state index is 11.8. The molecule has 23 heavy (non-hydrogen) atoms. The average Bonchev–Trinajstić information content (AvgIpc) is 3.02. The van der Waals surface area contributed by atoms with Gasteiger partial charge in [-0.25, -0.2) is 0 Å². The molecule has 0 bridgehead atoms. The Kier molecular flexibility index (Phi) is 6.10. The molecule has 0 aliphatic heterocycles. The number of aryl methyl sites for hydroxylation is 1. The molecule has 7 heteroatoms. The lowest BCUT2D eigenvalue weighted by Crippen LogP contribution is -2.35. The summed E-state index contributed by atoms with van der Waals surface area (Å²) in [6, 6.07) is 7.37. The molecule has 0 aliphatic rings. The number of carbonyl (C=O) groups excluding carboxylic acids is 1. The third-order valence-electron chi connectivity index (χ3n) is 3.19. The molecule has 1 aromatic heterocycles. The molecule has 0 unspecified atom stereocenters. The molecule has 1 amide bonds. The fourth-order valence-electron chi connectivity index (χ4n) is 2.09. The highest BCUT2D eigenvalue weighted by molar-refractivity contribution is 5.76. The van der Waals surface area contributed by atoms with Gasteiger partial charge in [0.2, 0.25) is 17.6 Å². The van der Waals surface area contributed by atoms with Crippen LogP contribution in [-0.4, -0.2) is 42.9 Å². The average molecular weight is 319 g/mol. The zero-order valence-electron chi connectivity index (χ0n) is 13.5. The van der Waals surface area contributed by atoms with E-state index in [1.807, 2.05) is 31.2 Å². The number of nitrogens with one attached hydrogen (secondary N) is 1. The molecule has 0 fully saturated rings. The quantitative estimate of drug-likeness (QED) is 0.799. The Morgan fingerprint density at radius 1 is 1.39 bits per heavy atom. The molecular formula is C16H21N3O4. The SMILES string of the molecule is COC[C@H](C)NC(=O)CCc1nc(-c2cccc(OC)c2)no1. The van der Waals surface area contributed by atoms with Crippen LogP contribution >= 0.6 is 0 Å². The van der Waals surface area contributed by atoms with Crippen LogP contribution in [-0.2, 0) is 16.0 Å². The third kappa shape index (κ3) is 5.07. The molecule has 7 nitrogen and oxygen atoms in total. The molecule has 1 heterocycles. The van der Waals surface area contributed by atoms with Crippen molar-refractivity contribution in [3.8, 4) is 17.1 Å². The van der Waals surface area contributed by atoms with E-state index in [0.717, 1.165) is 11.3 Å². The Balaban J connectivity index is 1.91. The van der Waals surface area contributed by atoms with Crippen LogP contribution in [0, 0.1) is 0 Å². The van der Waals surface area contributed by atoms with E-state index in [9.17, 15) is 4.79 Å². The van der Waals surface area contributed by atoms with Gasteiger partial charge in [0.15, 0.2) is 0 Å². The van der Waals surface area contributed by atoms with Crippen LogP contribution in [0.5, 0.6) is 5.75 Å². The van der Waals surface area contributed by atoms with Gasteiger partial charge in [0.25, 0.3) is 0 Å². The molecule has 0 aliphatic carbocycles. The second-order valence-electron chi connectivity index (χ2n) is 5.17. The van der Waals surface area contributed by atoms with E-state index < -0.39 is 0 Å². The van der Waals surface area contributed by atoms with Crippen LogP contribution in [0.25, 0.3) is 11.4 Å². The van der Waals surface area contributed by atoms with Gasteiger partial charge in [0.05, 0.1) is 13.7 Å². The van der Waals surface area contributed by atoms with Gasteiger partial charge in [0, 0.05) is 31.6 Å². The lowest BCUT2D eigenvalue weighted by atomic mass is 10.2. The van der Waals surface area contributed by atoms with Gasteiger partial charge < -0.3 is 19.3 Å². The van der Waals surface area contributed by atoms with Crippen molar-refractivity contribution in [1.82, 2.24) is 15.5 Å². The molecular weight excluding hydrogens is 298 g/mol. The standard InChI is InChI=1S/C16H21N3O4/c1-11(10-21-2)17-14(20)7-8-15-18-16(19-23-15)12-5-4-6-13(9-12)22-3/h4-6,9,11H,7-8,10H2,1-3H3,(H,17,20)/t11-/m0/s1. The number of carbonyl (C=O) groups is 1. The van der Waals surface area contributed by atoms with Crippen molar-refractivity contribution in [2.75, 3.05) is 20.8 Å². The van der Waals surface area contributed by atoms with Crippen LogP contribution in [0.1, 0.15) is 19.2 Å².